The van der Waals surface area contributed by atoms with E-state index in [1.54, 1.807) is 7.05 Å². The Labute approximate surface area is 289 Å². The molecule has 5 aliphatic heterocycles. The van der Waals surface area contributed by atoms with Gasteiger partial charge in [-0.1, -0.05) is 37.3 Å². The van der Waals surface area contributed by atoms with E-state index >= 15 is 0 Å². The highest BCUT2D eigenvalue weighted by atomic mass is 16.6. The number of nitrogens with one attached hydrogen (secondary N) is 1. The number of aromatic nitrogens is 2. The second-order valence-corrected chi connectivity index (χ2v) is 14.8. The number of aliphatic hydroxyl groups excluding tert-OH is 1. The highest BCUT2D eigenvalue weighted by Gasteiger charge is 2.50. The van der Waals surface area contributed by atoms with Crippen LogP contribution in [0.2, 0.25) is 0 Å². The molecule has 8 rings (SSSR count). The minimum absolute atomic E-state index is 0.0785. The van der Waals surface area contributed by atoms with E-state index in [0.29, 0.717) is 31.3 Å². The molecule has 1 aromatic heterocycles. The number of hydrogen-bond acceptors (Lipinski definition) is 10. The van der Waals surface area contributed by atoms with Gasteiger partial charge in [0, 0.05) is 68.0 Å². The molecule has 1 amide bonds. The highest BCUT2D eigenvalue weighted by Crippen LogP contribution is 2.43. The number of carbonyl (C=O) groups is 1. The maximum absolute atomic E-state index is 12.4. The number of aryl methyl sites for hydroxylation is 1. The van der Waals surface area contributed by atoms with Crippen molar-refractivity contribution in [3.63, 3.8) is 0 Å². The number of hydrogen-bond donors (Lipinski definition) is 2. The summed E-state index contributed by atoms with van der Waals surface area (Å²) in [6, 6.07) is 15.0. The van der Waals surface area contributed by atoms with Crippen LogP contribution in [0.25, 0.3) is 10.8 Å². The van der Waals surface area contributed by atoms with Crippen LogP contribution >= 0.6 is 0 Å². The molecule has 11 nitrogen and oxygen atoms in total. The largest absolute Gasteiger partial charge is 0.461 e. The van der Waals surface area contributed by atoms with Crippen molar-refractivity contribution >= 4 is 28.4 Å². The number of aliphatic hydroxyl groups is 1. The first-order valence-electron chi connectivity index (χ1n) is 18.5. The molecule has 4 saturated heterocycles. The third kappa shape index (κ3) is 6.18. The summed E-state index contributed by atoms with van der Waals surface area (Å²) in [6.45, 7) is 7.88. The fraction of sp³-hybridized carbons (Fsp3) is 0.605. The van der Waals surface area contributed by atoms with Gasteiger partial charge in [0.25, 0.3) is 0 Å². The number of benzene rings is 2. The lowest BCUT2D eigenvalue weighted by Crippen LogP contribution is -2.52. The Morgan fingerprint density at radius 1 is 1.06 bits per heavy atom. The molecule has 4 fully saturated rings. The number of fused-ring (bicyclic) bond motifs is 5. The van der Waals surface area contributed by atoms with E-state index in [9.17, 15) is 9.90 Å². The van der Waals surface area contributed by atoms with Crippen LogP contribution in [0.3, 0.4) is 0 Å². The Bertz CT molecular complexity index is 1670. The molecule has 0 radical (unpaired) electrons. The Morgan fingerprint density at radius 3 is 2.67 bits per heavy atom. The second-order valence-electron chi connectivity index (χ2n) is 14.8. The number of amides is 1. The third-order valence-electron chi connectivity index (χ3n) is 11.9. The summed E-state index contributed by atoms with van der Waals surface area (Å²) in [5.74, 6) is 1.06. The highest BCUT2D eigenvalue weighted by molar-refractivity contribution is 5.97. The van der Waals surface area contributed by atoms with Crippen molar-refractivity contribution in [3.8, 4) is 6.01 Å². The van der Waals surface area contributed by atoms with Gasteiger partial charge in [-0.15, -0.1) is 0 Å². The normalized spacial score (nSPS) is 26.2. The molecule has 3 aromatic rings. The lowest BCUT2D eigenvalue weighted by molar-refractivity contribution is 0.0449. The zero-order valence-electron chi connectivity index (χ0n) is 29.1. The maximum Gasteiger partial charge on any atom is 0.409 e. The van der Waals surface area contributed by atoms with Crippen molar-refractivity contribution in [2.45, 2.75) is 88.5 Å². The van der Waals surface area contributed by atoms with Crippen molar-refractivity contribution in [2.75, 3.05) is 69.4 Å². The predicted octanol–water partition coefficient (Wildman–Crippen LogP) is 4.13. The summed E-state index contributed by atoms with van der Waals surface area (Å²) in [5, 5.41) is 15.6. The first kappa shape index (κ1) is 32.5. The summed E-state index contributed by atoms with van der Waals surface area (Å²) in [4.78, 5) is 31.7. The van der Waals surface area contributed by atoms with Gasteiger partial charge >= 0.3 is 12.1 Å². The van der Waals surface area contributed by atoms with Crippen molar-refractivity contribution < 1.29 is 19.4 Å². The Morgan fingerprint density at radius 2 is 1.88 bits per heavy atom. The summed E-state index contributed by atoms with van der Waals surface area (Å²) in [5.41, 5.74) is 4.91. The van der Waals surface area contributed by atoms with Crippen molar-refractivity contribution in [1.82, 2.24) is 25.1 Å². The molecule has 4 atom stereocenters. The van der Waals surface area contributed by atoms with Gasteiger partial charge in [-0.2, -0.15) is 9.97 Å². The van der Waals surface area contributed by atoms with Gasteiger partial charge in [0.15, 0.2) is 0 Å². The monoisotopic (exact) mass is 669 g/mol. The molecular weight excluding hydrogens is 618 g/mol. The molecule has 2 unspecified atom stereocenters. The number of ether oxygens (including phenoxy) is 2. The topological polar surface area (TPSA) is 107 Å². The van der Waals surface area contributed by atoms with Gasteiger partial charge in [-0.3, -0.25) is 4.90 Å². The molecule has 0 aliphatic carbocycles. The Kier molecular flexibility index (Phi) is 9.01. The molecule has 2 N–H and O–H groups in total. The lowest BCUT2D eigenvalue weighted by atomic mass is 9.95. The molecule has 6 heterocycles. The van der Waals surface area contributed by atoms with Gasteiger partial charge in [0.1, 0.15) is 19.0 Å². The molecular formula is C38H51N7O4. The molecule has 2 bridgehead atoms. The minimum Gasteiger partial charge on any atom is -0.461 e. The fourth-order valence-electron chi connectivity index (χ4n) is 9.35. The van der Waals surface area contributed by atoms with Crippen LogP contribution in [-0.2, 0) is 24.1 Å². The lowest BCUT2D eigenvalue weighted by Gasteiger charge is -2.38. The Hall–Kier alpha value is -3.67. The summed E-state index contributed by atoms with van der Waals surface area (Å²) in [7, 11) is 1.66. The van der Waals surface area contributed by atoms with Crippen LogP contribution < -0.4 is 19.9 Å². The van der Waals surface area contributed by atoms with E-state index in [1.165, 1.54) is 45.3 Å². The molecule has 262 valence electrons. The summed E-state index contributed by atoms with van der Waals surface area (Å²) >= 11 is 0. The van der Waals surface area contributed by atoms with Crippen molar-refractivity contribution in [1.29, 1.82) is 0 Å². The quantitative estimate of drug-likeness (QED) is 0.328. The fourth-order valence-corrected chi connectivity index (χ4v) is 9.35. The summed E-state index contributed by atoms with van der Waals surface area (Å²) < 4.78 is 12.3. The van der Waals surface area contributed by atoms with Crippen LogP contribution in [0.5, 0.6) is 6.01 Å². The predicted molar refractivity (Wildman–Crippen MR) is 191 cm³/mol. The average Bonchev–Trinajstić information content (AvgIpc) is 3.81. The first-order chi connectivity index (χ1) is 23.9. The number of rotatable bonds is 10. The van der Waals surface area contributed by atoms with Gasteiger partial charge in [-0.05, 0) is 74.9 Å². The molecule has 0 spiro atoms. The second kappa shape index (κ2) is 13.6. The molecule has 0 saturated carbocycles. The van der Waals surface area contributed by atoms with E-state index in [1.807, 2.05) is 0 Å². The van der Waals surface area contributed by atoms with Gasteiger partial charge in [-0.25, -0.2) is 4.79 Å². The van der Waals surface area contributed by atoms with Crippen molar-refractivity contribution in [2.24, 2.45) is 0 Å². The molecule has 5 aliphatic rings. The van der Waals surface area contributed by atoms with Gasteiger partial charge in [0.2, 0.25) is 0 Å². The Balaban J connectivity index is 1.05. The number of nitrogens with zero attached hydrogens (tertiary/aromatic N) is 6. The number of piperazine rings is 1. The number of likely N-dealkylation sites (N-methyl/N-ethyl adjacent to an activating group) is 1. The summed E-state index contributed by atoms with van der Waals surface area (Å²) in [6.07, 6.45) is 8.06. The third-order valence-corrected chi connectivity index (χ3v) is 11.9. The molecule has 49 heavy (non-hydrogen) atoms. The van der Waals surface area contributed by atoms with Gasteiger partial charge in [0.05, 0.1) is 24.4 Å². The van der Waals surface area contributed by atoms with E-state index in [-0.39, 0.29) is 30.8 Å². The standard InChI is InChI=1S/C38H51N7O4/c1-3-26-7-4-8-27-9-5-10-33(34(26)27)43-18-14-31-32(23-43)40-36(41-35(31)44-21-28-11-12-29(22-44)39-28)49-25-38-15-6-17-45(38)30(13-16-38)24-48-37(47)42(2)19-20-46/h4-5,7-10,28-30,39,46H,3,6,11-25H2,1-2H3/t28?,29?,30-,38-/m1/s1. The van der Waals surface area contributed by atoms with Crippen LogP contribution in [0.15, 0.2) is 36.4 Å². The zero-order valence-corrected chi connectivity index (χ0v) is 29.1. The van der Waals surface area contributed by atoms with Crippen LogP contribution in [0.4, 0.5) is 16.3 Å². The van der Waals surface area contributed by atoms with Crippen LogP contribution in [0.1, 0.15) is 62.3 Å². The number of carbonyl (C=O) groups excluding carboxylic acids is 1. The smallest absolute Gasteiger partial charge is 0.409 e. The number of anilines is 2. The van der Waals surface area contributed by atoms with E-state index in [2.05, 4.69) is 63.3 Å². The SMILES string of the molecule is CCc1cccc2cccc(N3CCc4c(nc(OC[C@]56CCCN5[C@@H](COC(=O)N(C)CCO)CC6)nc4N4CC5CCC(C4)N5)C3)c12. The van der Waals surface area contributed by atoms with E-state index in [4.69, 9.17) is 19.4 Å². The van der Waals surface area contributed by atoms with Gasteiger partial charge < -0.3 is 34.6 Å². The van der Waals surface area contributed by atoms with Crippen LogP contribution in [0, 0.1) is 0 Å². The first-order valence-corrected chi connectivity index (χ1v) is 18.5. The average molecular weight is 670 g/mol. The van der Waals surface area contributed by atoms with E-state index < -0.39 is 0 Å². The van der Waals surface area contributed by atoms with E-state index in [0.717, 1.165) is 82.8 Å². The minimum atomic E-state index is -0.387. The van der Waals surface area contributed by atoms with Crippen molar-refractivity contribution in [3.05, 3.63) is 53.2 Å². The zero-order chi connectivity index (χ0) is 33.5. The molecule has 2 aromatic carbocycles. The van der Waals surface area contributed by atoms with Crippen LogP contribution in [-0.4, -0.2) is 114 Å². The maximum atomic E-state index is 12.4. The molecule has 11 heteroatoms.